The van der Waals surface area contributed by atoms with Crippen molar-refractivity contribution >= 4 is 11.6 Å². The Kier molecular flexibility index (Phi) is 2.34. The highest BCUT2D eigenvalue weighted by Gasteiger charge is 2.29. The Hall–Kier alpha value is -1.59. The fourth-order valence-electron chi connectivity index (χ4n) is 1.93. The van der Waals surface area contributed by atoms with Gasteiger partial charge in [-0.25, -0.2) is 0 Å². The number of hydrogen-bond donors (Lipinski definition) is 1. The Morgan fingerprint density at radius 2 is 2.33 bits per heavy atom. The van der Waals surface area contributed by atoms with Gasteiger partial charge in [-0.1, -0.05) is 6.92 Å². The van der Waals surface area contributed by atoms with E-state index < -0.39 is 4.92 Å². The van der Waals surface area contributed by atoms with Crippen LogP contribution in [0.4, 0.5) is 11.6 Å². The molecule has 0 atom stereocenters. The molecule has 0 amide bonds. The highest BCUT2D eigenvalue weighted by Crippen LogP contribution is 2.31. The largest absolute Gasteiger partial charge is 0.406 e. The Morgan fingerprint density at radius 3 is 2.87 bits per heavy atom. The van der Waals surface area contributed by atoms with Gasteiger partial charge >= 0.3 is 5.82 Å². The second kappa shape index (κ2) is 3.52. The van der Waals surface area contributed by atoms with E-state index >= 15 is 0 Å². The standard InChI is InChI=1S/C9H14N4O2/c1-6-3-7(4-6)11-9-8(13(14)15)10-5-12(9)2/h5-7,11H,3-4H2,1-2H3. The van der Waals surface area contributed by atoms with E-state index in [1.807, 2.05) is 0 Å². The van der Waals surface area contributed by atoms with Gasteiger partial charge in [-0.05, 0) is 28.7 Å². The van der Waals surface area contributed by atoms with E-state index in [1.54, 1.807) is 11.6 Å². The number of hydrogen-bond acceptors (Lipinski definition) is 4. The third kappa shape index (κ3) is 1.79. The summed E-state index contributed by atoms with van der Waals surface area (Å²) in [7, 11) is 1.75. The van der Waals surface area contributed by atoms with Gasteiger partial charge in [0.1, 0.15) is 0 Å². The Balaban J connectivity index is 2.12. The van der Waals surface area contributed by atoms with Crippen molar-refractivity contribution in [3.8, 4) is 0 Å². The summed E-state index contributed by atoms with van der Waals surface area (Å²) in [5.41, 5.74) is 0. The molecule has 0 spiro atoms. The molecule has 1 fully saturated rings. The zero-order valence-electron chi connectivity index (χ0n) is 8.80. The lowest BCUT2D eigenvalue weighted by atomic mass is 9.82. The van der Waals surface area contributed by atoms with Gasteiger partial charge < -0.3 is 15.4 Å². The Bertz CT molecular complexity index is 381. The van der Waals surface area contributed by atoms with Crippen molar-refractivity contribution in [2.24, 2.45) is 13.0 Å². The molecule has 1 aliphatic rings. The number of aromatic nitrogens is 2. The molecule has 0 saturated heterocycles. The molecule has 1 heterocycles. The first-order valence-corrected chi connectivity index (χ1v) is 5.00. The maximum atomic E-state index is 10.7. The van der Waals surface area contributed by atoms with Crippen LogP contribution in [0.2, 0.25) is 0 Å². The first-order valence-electron chi connectivity index (χ1n) is 5.00. The summed E-state index contributed by atoms with van der Waals surface area (Å²) in [5.74, 6) is 1.14. The number of rotatable bonds is 3. The molecule has 0 aliphatic heterocycles. The summed E-state index contributed by atoms with van der Waals surface area (Å²) in [6.07, 6.45) is 3.60. The van der Waals surface area contributed by atoms with E-state index in [4.69, 9.17) is 0 Å². The average Bonchev–Trinajstić information content (AvgIpc) is 2.45. The summed E-state index contributed by atoms with van der Waals surface area (Å²) >= 11 is 0. The number of imidazole rings is 1. The van der Waals surface area contributed by atoms with Crippen molar-refractivity contribution in [3.05, 3.63) is 16.4 Å². The van der Waals surface area contributed by atoms with Crippen molar-refractivity contribution in [1.82, 2.24) is 9.55 Å². The van der Waals surface area contributed by atoms with E-state index in [0.29, 0.717) is 11.9 Å². The fraction of sp³-hybridized carbons (Fsp3) is 0.667. The second-order valence-corrected chi connectivity index (χ2v) is 4.20. The molecule has 15 heavy (non-hydrogen) atoms. The van der Waals surface area contributed by atoms with Crippen LogP contribution in [0.5, 0.6) is 0 Å². The first kappa shape index (κ1) is 9.95. The van der Waals surface area contributed by atoms with Crippen LogP contribution in [0.15, 0.2) is 6.33 Å². The molecule has 0 bridgehead atoms. The molecule has 1 aromatic rings. The van der Waals surface area contributed by atoms with Gasteiger partial charge in [0, 0.05) is 13.1 Å². The number of nitrogens with one attached hydrogen (secondary N) is 1. The number of aryl methyl sites for hydroxylation is 1. The summed E-state index contributed by atoms with van der Waals surface area (Å²) in [6.45, 7) is 2.18. The third-order valence-corrected chi connectivity index (χ3v) is 2.81. The Labute approximate surface area is 87.5 Å². The fourth-order valence-corrected chi connectivity index (χ4v) is 1.93. The molecule has 1 aliphatic carbocycles. The van der Waals surface area contributed by atoms with E-state index in [2.05, 4.69) is 17.2 Å². The normalized spacial score (nSPS) is 24.7. The van der Waals surface area contributed by atoms with Gasteiger partial charge in [-0.15, -0.1) is 0 Å². The number of anilines is 1. The molecular weight excluding hydrogens is 196 g/mol. The van der Waals surface area contributed by atoms with Gasteiger partial charge in [-0.3, -0.25) is 4.57 Å². The van der Waals surface area contributed by atoms with Crippen molar-refractivity contribution in [2.45, 2.75) is 25.8 Å². The van der Waals surface area contributed by atoms with Gasteiger partial charge in [0.15, 0.2) is 0 Å². The highest BCUT2D eigenvalue weighted by atomic mass is 16.6. The van der Waals surface area contributed by atoms with Crippen LogP contribution in [0, 0.1) is 16.0 Å². The van der Waals surface area contributed by atoms with Crippen molar-refractivity contribution in [1.29, 1.82) is 0 Å². The molecule has 0 radical (unpaired) electrons. The molecule has 6 heteroatoms. The van der Waals surface area contributed by atoms with Crippen LogP contribution in [-0.4, -0.2) is 20.5 Å². The van der Waals surface area contributed by atoms with E-state index in [0.717, 1.165) is 18.8 Å². The van der Waals surface area contributed by atoms with Crippen LogP contribution in [0.3, 0.4) is 0 Å². The summed E-state index contributed by atoms with van der Waals surface area (Å²) in [5, 5.41) is 13.8. The SMILES string of the molecule is CC1CC(Nc2c([N+](=O)[O-])ncn2C)C1. The zero-order valence-corrected chi connectivity index (χ0v) is 8.80. The summed E-state index contributed by atoms with van der Waals surface area (Å²) in [4.78, 5) is 14.0. The average molecular weight is 210 g/mol. The smallest absolute Gasteiger partial charge is 0.362 e. The Morgan fingerprint density at radius 1 is 1.67 bits per heavy atom. The monoisotopic (exact) mass is 210 g/mol. The quantitative estimate of drug-likeness (QED) is 0.606. The lowest BCUT2D eigenvalue weighted by Gasteiger charge is -2.33. The number of nitro groups is 1. The summed E-state index contributed by atoms with van der Waals surface area (Å²) < 4.78 is 1.65. The van der Waals surface area contributed by atoms with Crippen LogP contribution < -0.4 is 5.32 Å². The molecule has 6 nitrogen and oxygen atoms in total. The topological polar surface area (TPSA) is 73.0 Å². The van der Waals surface area contributed by atoms with Crippen LogP contribution in [-0.2, 0) is 7.05 Å². The predicted octanol–water partition coefficient (Wildman–Crippen LogP) is 1.54. The van der Waals surface area contributed by atoms with Gasteiger partial charge in [0.2, 0.25) is 12.1 Å². The molecule has 1 aromatic heterocycles. The maximum absolute atomic E-state index is 10.7. The van der Waals surface area contributed by atoms with Crippen molar-refractivity contribution in [2.75, 3.05) is 5.32 Å². The first-order chi connectivity index (χ1) is 7.08. The maximum Gasteiger partial charge on any atom is 0.406 e. The summed E-state index contributed by atoms with van der Waals surface area (Å²) in [6, 6.07) is 0.356. The lowest BCUT2D eigenvalue weighted by molar-refractivity contribution is -0.388. The van der Waals surface area contributed by atoms with Crippen LogP contribution in [0.25, 0.3) is 0 Å². The molecule has 1 N–H and O–H groups in total. The van der Waals surface area contributed by atoms with Crippen LogP contribution in [0.1, 0.15) is 19.8 Å². The van der Waals surface area contributed by atoms with E-state index in [9.17, 15) is 10.1 Å². The minimum atomic E-state index is -0.454. The minimum absolute atomic E-state index is 0.0861. The molecule has 1 saturated carbocycles. The molecule has 82 valence electrons. The molecule has 0 aromatic carbocycles. The van der Waals surface area contributed by atoms with Gasteiger partial charge in [0.05, 0.1) is 0 Å². The van der Waals surface area contributed by atoms with Crippen LogP contribution >= 0.6 is 0 Å². The predicted molar refractivity (Wildman–Crippen MR) is 55.7 cm³/mol. The number of nitrogens with zero attached hydrogens (tertiary/aromatic N) is 3. The molecule has 0 unspecified atom stereocenters. The van der Waals surface area contributed by atoms with Crippen molar-refractivity contribution < 1.29 is 4.92 Å². The van der Waals surface area contributed by atoms with E-state index in [-0.39, 0.29) is 5.82 Å². The van der Waals surface area contributed by atoms with Crippen molar-refractivity contribution in [3.63, 3.8) is 0 Å². The lowest BCUT2D eigenvalue weighted by Crippen LogP contribution is -2.34. The molecular formula is C9H14N4O2. The minimum Gasteiger partial charge on any atom is -0.362 e. The van der Waals surface area contributed by atoms with Gasteiger partial charge in [0.25, 0.3) is 0 Å². The van der Waals surface area contributed by atoms with E-state index in [1.165, 1.54) is 6.33 Å². The third-order valence-electron chi connectivity index (χ3n) is 2.81. The second-order valence-electron chi connectivity index (χ2n) is 4.20. The molecule has 2 rings (SSSR count). The zero-order chi connectivity index (χ0) is 11.0. The van der Waals surface area contributed by atoms with Gasteiger partial charge in [-0.2, -0.15) is 0 Å². The highest BCUT2D eigenvalue weighted by molar-refractivity contribution is 5.52.